The van der Waals surface area contributed by atoms with Crippen molar-refractivity contribution in [1.82, 2.24) is 25.4 Å². The number of aromatic nitrogens is 3. The molecule has 0 saturated heterocycles. The largest absolute Gasteiger partial charge is 0.357 e. The lowest BCUT2D eigenvalue weighted by molar-refractivity contribution is 0.790. The van der Waals surface area contributed by atoms with Crippen LogP contribution in [-0.4, -0.2) is 47.4 Å². The third-order valence-corrected chi connectivity index (χ3v) is 4.99. The zero-order valence-electron chi connectivity index (χ0n) is 18.5. The Morgan fingerprint density at radius 1 is 1.03 bits per heavy atom. The summed E-state index contributed by atoms with van der Waals surface area (Å²) < 4.78 is 1.86. The van der Waals surface area contributed by atoms with Crippen LogP contribution in [0.4, 0.5) is 5.82 Å². The van der Waals surface area contributed by atoms with Gasteiger partial charge in [-0.1, -0.05) is 18.2 Å². The molecule has 0 radical (unpaired) electrons. The second-order valence-corrected chi connectivity index (χ2v) is 6.92. The van der Waals surface area contributed by atoms with Crippen molar-refractivity contribution in [1.29, 1.82) is 0 Å². The van der Waals surface area contributed by atoms with Gasteiger partial charge in [-0.3, -0.25) is 4.99 Å². The number of benzene rings is 1. The maximum Gasteiger partial charge on any atom is 0.191 e. The van der Waals surface area contributed by atoms with E-state index in [-0.39, 0.29) is 24.0 Å². The van der Waals surface area contributed by atoms with Crippen molar-refractivity contribution >= 4 is 35.8 Å². The second-order valence-electron chi connectivity index (χ2n) is 6.92. The number of rotatable bonds is 9. The predicted octanol–water partition coefficient (Wildman–Crippen LogP) is 3.64. The van der Waals surface area contributed by atoms with E-state index in [1.54, 1.807) is 13.2 Å². The van der Waals surface area contributed by atoms with Crippen molar-refractivity contribution in [3.8, 4) is 5.69 Å². The molecule has 0 saturated carbocycles. The Labute approximate surface area is 202 Å². The molecule has 2 aromatic heterocycles. The van der Waals surface area contributed by atoms with E-state index in [9.17, 15) is 0 Å². The van der Waals surface area contributed by atoms with E-state index < -0.39 is 0 Å². The first-order valence-electron chi connectivity index (χ1n) is 10.5. The van der Waals surface area contributed by atoms with Gasteiger partial charge < -0.3 is 15.5 Å². The topological polar surface area (TPSA) is 70.4 Å². The molecule has 2 heterocycles. The van der Waals surface area contributed by atoms with Crippen LogP contribution < -0.4 is 15.5 Å². The number of halogens is 1. The molecule has 7 nitrogen and oxygen atoms in total. The fraction of sp³-hybridized carbons (Fsp3) is 0.348. The zero-order chi connectivity index (χ0) is 21.2. The first kappa shape index (κ1) is 24.6. The number of hydrogen-bond acceptors (Lipinski definition) is 4. The predicted molar refractivity (Wildman–Crippen MR) is 139 cm³/mol. The number of nitrogens with zero attached hydrogens (tertiary/aromatic N) is 5. The highest BCUT2D eigenvalue weighted by Crippen LogP contribution is 2.11. The van der Waals surface area contributed by atoms with E-state index in [1.807, 2.05) is 23.1 Å². The maximum atomic E-state index is 4.57. The smallest absolute Gasteiger partial charge is 0.191 e. The summed E-state index contributed by atoms with van der Waals surface area (Å²) in [7, 11) is 1.79. The van der Waals surface area contributed by atoms with Crippen molar-refractivity contribution in [2.75, 3.05) is 31.6 Å². The molecule has 0 aliphatic rings. The van der Waals surface area contributed by atoms with E-state index >= 15 is 0 Å². The number of nitrogens with one attached hydrogen (secondary N) is 2. The molecule has 0 atom stereocenters. The van der Waals surface area contributed by atoms with Gasteiger partial charge >= 0.3 is 0 Å². The molecule has 3 aromatic rings. The number of anilines is 1. The van der Waals surface area contributed by atoms with Crippen LogP contribution in [0.2, 0.25) is 0 Å². The van der Waals surface area contributed by atoms with Crippen molar-refractivity contribution in [3.63, 3.8) is 0 Å². The van der Waals surface area contributed by atoms with Crippen molar-refractivity contribution in [3.05, 3.63) is 72.2 Å². The molecule has 3 rings (SSSR count). The summed E-state index contributed by atoms with van der Waals surface area (Å²) in [4.78, 5) is 11.1. The minimum atomic E-state index is 0. The van der Waals surface area contributed by atoms with Crippen molar-refractivity contribution < 1.29 is 0 Å². The maximum absolute atomic E-state index is 4.57. The molecule has 0 amide bonds. The zero-order valence-corrected chi connectivity index (χ0v) is 20.8. The van der Waals surface area contributed by atoms with E-state index in [2.05, 4.69) is 80.9 Å². The first-order chi connectivity index (χ1) is 14.7. The quantitative estimate of drug-likeness (QED) is 0.250. The highest BCUT2D eigenvalue weighted by atomic mass is 127. The van der Waals surface area contributed by atoms with E-state index in [4.69, 9.17) is 0 Å². The van der Waals surface area contributed by atoms with Crippen LogP contribution in [0.25, 0.3) is 5.69 Å². The second kappa shape index (κ2) is 12.9. The molecular weight excluding hydrogens is 501 g/mol. The summed E-state index contributed by atoms with van der Waals surface area (Å²) in [5.74, 6) is 1.81. The van der Waals surface area contributed by atoms with E-state index in [1.165, 1.54) is 5.56 Å². The Balaban J connectivity index is 0.00000341. The van der Waals surface area contributed by atoms with Gasteiger partial charge in [0.1, 0.15) is 5.82 Å². The fourth-order valence-electron chi connectivity index (χ4n) is 3.22. The van der Waals surface area contributed by atoms with E-state index in [0.29, 0.717) is 6.54 Å². The van der Waals surface area contributed by atoms with Gasteiger partial charge in [-0.25, -0.2) is 9.67 Å². The minimum absolute atomic E-state index is 0. The van der Waals surface area contributed by atoms with Crippen molar-refractivity contribution in [2.45, 2.75) is 26.8 Å². The molecule has 0 aliphatic heterocycles. The third kappa shape index (κ3) is 7.23. The molecule has 8 heteroatoms. The van der Waals surface area contributed by atoms with Crippen molar-refractivity contribution in [2.24, 2.45) is 4.99 Å². The molecular formula is C23H32IN7. The van der Waals surface area contributed by atoms with Crippen LogP contribution in [0.3, 0.4) is 0 Å². The van der Waals surface area contributed by atoms with Gasteiger partial charge in [-0.15, -0.1) is 24.0 Å². The van der Waals surface area contributed by atoms with Gasteiger partial charge in [-0.2, -0.15) is 5.10 Å². The lowest BCUT2D eigenvalue weighted by atomic mass is 10.1. The van der Waals surface area contributed by atoms with Crippen LogP contribution in [0.5, 0.6) is 0 Å². The Kier molecular flexibility index (Phi) is 10.3. The molecule has 0 aliphatic carbocycles. The minimum Gasteiger partial charge on any atom is -0.357 e. The summed E-state index contributed by atoms with van der Waals surface area (Å²) in [5, 5.41) is 11.0. The average Bonchev–Trinajstić information content (AvgIpc) is 3.33. The number of pyridine rings is 1. The third-order valence-electron chi connectivity index (χ3n) is 4.99. The molecule has 0 fully saturated rings. The van der Waals surface area contributed by atoms with Crippen LogP contribution >= 0.6 is 24.0 Å². The highest BCUT2D eigenvalue weighted by Gasteiger charge is 2.04. The molecule has 1 aromatic carbocycles. The Morgan fingerprint density at radius 2 is 1.77 bits per heavy atom. The fourth-order valence-corrected chi connectivity index (χ4v) is 3.22. The SMILES string of the molecule is CCN(CC)c1ccc(CNC(=NC)NCCc2ccc(-n3cccn3)cc2)cn1.I. The summed E-state index contributed by atoms with van der Waals surface area (Å²) in [5.41, 5.74) is 3.46. The van der Waals surface area contributed by atoms with Crippen LogP contribution in [0, 0.1) is 0 Å². The first-order valence-corrected chi connectivity index (χ1v) is 10.5. The molecule has 0 bridgehead atoms. The summed E-state index contributed by atoms with van der Waals surface area (Å²) >= 11 is 0. The molecule has 166 valence electrons. The average molecular weight is 533 g/mol. The van der Waals surface area contributed by atoms with Gasteiger partial charge in [0.05, 0.1) is 5.69 Å². The number of guanidine groups is 1. The summed E-state index contributed by atoms with van der Waals surface area (Å²) in [6, 6.07) is 14.6. The lowest BCUT2D eigenvalue weighted by Gasteiger charge is -2.19. The highest BCUT2D eigenvalue weighted by molar-refractivity contribution is 14.0. The monoisotopic (exact) mass is 533 g/mol. The Hall–Kier alpha value is -2.62. The molecule has 2 N–H and O–H groups in total. The van der Waals surface area contributed by atoms with Gasteiger partial charge in [0.25, 0.3) is 0 Å². The molecule has 31 heavy (non-hydrogen) atoms. The normalized spacial score (nSPS) is 11.0. The van der Waals surface area contributed by atoms with Crippen LogP contribution in [0.1, 0.15) is 25.0 Å². The van der Waals surface area contributed by atoms with Crippen LogP contribution in [-0.2, 0) is 13.0 Å². The van der Waals surface area contributed by atoms with Gasteiger partial charge in [-0.05, 0) is 55.7 Å². The van der Waals surface area contributed by atoms with E-state index in [0.717, 1.165) is 49.1 Å². The lowest BCUT2D eigenvalue weighted by Crippen LogP contribution is -2.37. The number of aliphatic imine (C=N–C) groups is 1. The van der Waals surface area contributed by atoms with Gasteiger partial charge in [0, 0.05) is 51.8 Å². The number of hydrogen-bond donors (Lipinski definition) is 2. The Bertz CT molecular complexity index is 902. The standard InChI is InChI=1S/C23H31N7.HI/c1-4-29(5-2)22-12-9-20(17-26-22)18-27-23(24-3)25-15-13-19-7-10-21(11-8-19)30-16-6-14-28-30;/h6-12,14,16-17H,4-5,13,15,18H2,1-3H3,(H2,24,25,27);1H. The summed E-state index contributed by atoms with van der Waals surface area (Å²) in [6.45, 7) is 7.70. The van der Waals surface area contributed by atoms with Gasteiger partial charge in [0.2, 0.25) is 0 Å². The molecule has 0 unspecified atom stereocenters. The van der Waals surface area contributed by atoms with Gasteiger partial charge in [0.15, 0.2) is 5.96 Å². The van der Waals surface area contributed by atoms with Crippen LogP contribution in [0.15, 0.2) is 66.0 Å². The molecule has 0 spiro atoms. The Morgan fingerprint density at radius 3 is 2.35 bits per heavy atom. The summed E-state index contributed by atoms with van der Waals surface area (Å²) in [6.07, 6.45) is 6.57.